The van der Waals surface area contributed by atoms with Crippen molar-refractivity contribution in [2.24, 2.45) is 13.0 Å². The molecule has 1 N–H and O–H groups in total. The van der Waals surface area contributed by atoms with Gasteiger partial charge in [-0.1, -0.05) is 19.3 Å². The Morgan fingerprint density at radius 2 is 1.88 bits per heavy atom. The first kappa shape index (κ1) is 22.5. The number of carbonyl (C=O) groups excluding carboxylic acids is 1. The Bertz CT molecular complexity index is 959. The number of rotatable bonds is 6. The van der Waals surface area contributed by atoms with Gasteiger partial charge in [0, 0.05) is 69.1 Å². The van der Waals surface area contributed by atoms with Crippen molar-refractivity contribution in [3.8, 4) is 0 Å². The van der Waals surface area contributed by atoms with Gasteiger partial charge in [0.1, 0.15) is 0 Å². The summed E-state index contributed by atoms with van der Waals surface area (Å²) in [5.74, 6) is 1.95. The van der Waals surface area contributed by atoms with Crippen LogP contribution in [0.2, 0.25) is 0 Å². The molecule has 6 heteroatoms. The fourth-order valence-electron chi connectivity index (χ4n) is 6.36. The molecule has 4 fully saturated rings. The minimum Gasteiger partial charge on any atom is -0.378 e. The summed E-state index contributed by atoms with van der Waals surface area (Å²) in [5, 5.41) is 8.16. The van der Waals surface area contributed by atoms with Gasteiger partial charge in [0.05, 0.1) is 5.69 Å². The molecule has 1 amide bonds. The molecule has 4 atom stereocenters. The second kappa shape index (κ2) is 9.49. The van der Waals surface area contributed by atoms with Crippen LogP contribution in [0.4, 0.5) is 5.69 Å². The zero-order chi connectivity index (χ0) is 22.9. The minimum absolute atomic E-state index is 0.0308. The molecule has 0 spiro atoms. The predicted molar refractivity (Wildman–Crippen MR) is 133 cm³/mol. The number of carbonyl (C=O) groups is 1. The van der Waals surface area contributed by atoms with E-state index in [0.29, 0.717) is 23.8 Å². The molecule has 4 heterocycles. The molecule has 1 aromatic heterocycles. The highest BCUT2D eigenvalue weighted by Crippen LogP contribution is 2.43. The average Bonchev–Trinajstić information content (AvgIpc) is 3.25. The van der Waals surface area contributed by atoms with Crippen LogP contribution >= 0.6 is 0 Å². The zero-order valence-corrected chi connectivity index (χ0v) is 20.5. The lowest BCUT2D eigenvalue weighted by Gasteiger charge is -2.50. The minimum atomic E-state index is 0.0308. The summed E-state index contributed by atoms with van der Waals surface area (Å²) in [6.07, 6.45) is 9.11. The third-order valence-corrected chi connectivity index (χ3v) is 8.36. The standard InChI is InChI=1S/C27H39N5O/c1-30(2)22-11-9-20(10-12-22)27(33)28-17-23-15-21-13-14-32(23)18-24(21)26-16-25(29-31(26)3)19-7-5-4-6-8-19/h9-12,16,19,21,23-24H,4-8,13-15,17-18H2,1-3H3,(H,28,33)/t21-,23+,24-/m0/s1. The number of nitrogens with one attached hydrogen (secondary N) is 1. The summed E-state index contributed by atoms with van der Waals surface area (Å²) in [6, 6.07) is 10.7. The molecule has 6 rings (SSSR count). The van der Waals surface area contributed by atoms with Crippen LogP contribution in [0, 0.1) is 5.92 Å². The van der Waals surface area contributed by atoms with E-state index in [0.717, 1.165) is 37.3 Å². The summed E-state index contributed by atoms with van der Waals surface area (Å²) in [5.41, 5.74) is 4.59. The fourth-order valence-corrected chi connectivity index (χ4v) is 6.36. The lowest BCUT2D eigenvalue weighted by atomic mass is 9.74. The highest BCUT2D eigenvalue weighted by molar-refractivity contribution is 5.94. The number of aromatic nitrogens is 2. The van der Waals surface area contributed by atoms with E-state index >= 15 is 0 Å². The number of amides is 1. The Kier molecular flexibility index (Phi) is 6.46. The van der Waals surface area contributed by atoms with Crippen LogP contribution in [0.25, 0.3) is 0 Å². The van der Waals surface area contributed by atoms with Gasteiger partial charge >= 0.3 is 0 Å². The van der Waals surface area contributed by atoms with Gasteiger partial charge < -0.3 is 10.2 Å². The second-order valence-corrected chi connectivity index (χ2v) is 10.6. The van der Waals surface area contributed by atoms with E-state index in [1.165, 1.54) is 49.9 Å². The zero-order valence-electron chi connectivity index (χ0n) is 20.5. The summed E-state index contributed by atoms with van der Waals surface area (Å²) < 4.78 is 2.17. The smallest absolute Gasteiger partial charge is 0.251 e. The molecule has 3 aliphatic heterocycles. The number of hydrogen-bond donors (Lipinski definition) is 1. The van der Waals surface area contributed by atoms with Crippen LogP contribution < -0.4 is 10.2 Å². The fraction of sp³-hybridized carbons (Fsp3) is 0.630. The number of aryl methyl sites for hydroxylation is 1. The Hall–Kier alpha value is -2.34. The molecule has 1 aliphatic carbocycles. The first-order valence-electron chi connectivity index (χ1n) is 12.8. The monoisotopic (exact) mass is 449 g/mol. The summed E-state index contributed by atoms with van der Waals surface area (Å²) in [4.78, 5) is 17.4. The Morgan fingerprint density at radius 3 is 2.55 bits per heavy atom. The van der Waals surface area contributed by atoms with Gasteiger partial charge in [-0.15, -0.1) is 0 Å². The average molecular weight is 450 g/mol. The van der Waals surface area contributed by atoms with E-state index < -0.39 is 0 Å². The molecule has 1 aromatic carbocycles. The van der Waals surface area contributed by atoms with E-state index in [4.69, 9.17) is 5.10 Å². The molecular formula is C27H39N5O. The molecule has 1 saturated carbocycles. The van der Waals surface area contributed by atoms with Crippen molar-refractivity contribution in [3.63, 3.8) is 0 Å². The third kappa shape index (κ3) is 4.68. The number of benzene rings is 1. The number of fused-ring (bicyclic) bond motifs is 3. The van der Waals surface area contributed by atoms with Crippen molar-refractivity contribution in [1.29, 1.82) is 0 Å². The molecule has 4 aliphatic rings. The predicted octanol–water partition coefficient (Wildman–Crippen LogP) is 4.14. The molecular weight excluding hydrogens is 410 g/mol. The number of anilines is 1. The lowest BCUT2D eigenvalue weighted by Crippen LogP contribution is -2.56. The Balaban J connectivity index is 1.19. The highest BCUT2D eigenvalue weighted by Gasteiger charge is 2.42. The molecule has 6 nitrogen and oxygen atoms in total. The van der Waals surface area contributed by atoms with Crippen LogP contribution in [0.1, 0.15) is 78.5 Å². The van der Waals surface area contributed by atoms with E-state index in [1.807, 2.05) is 43.3 Å². The summed E-state index contributed by atoms with van der Waals surface area (Å²) in [7, 11) is 6.16. The van der Waals surface area contributed by atoms with E-state index in [2.05, 4.69) is 28.0 Å². The van der Waals surface area contributed by atoms with Crippen LogP contribution in [0.5, 0.6) is 0 Å². The summed E-state index contributed by atoms with van der Waals surface area (Å²) in [6.45, 7) is 2.97. The first-order chi connectivity index (χ1) is 16.0. The van der Waals surface area contributed by atoms with Crippen LogP contribution in [0.15, 0.2) is 30.3 Å². The molecule has 33 heavy (non-hydrogen) atoms. The lowest BCUT2D eigenvalue weighted by molar-refractivity contribution is 0.0280. The maximum absolute atomic E-state index is 12.7. The van der Waals surface area contributed by atoms with Crippen LogP contribution in [0.3, 0.4) is 0 Å². The maximum atomic E-state index is 12.7. The number of nitrogens with zero attached hydrogens (tertiary/aromatic N) is 4. The van der Waals surface area contributed by atoms with Crippen molar-refractivity contribution in [2.75, 3.05) is 38.6 Å². The summed E-state index contributed by atoms with van der Waals surface area (Å²) >= 11 is 0. The Morgan fingerprint density at radius 1 is 1.12 bits per heavy atom. The van der Waals surface area contributed by atoms with Gasteiger partial charge in [-0.25, -0.2) is 0 Å². The number of hydrogen-bond acceptors (Lipinski definition) is 4. The molecule has 178 valence electrons. The Labute approximate surface area is 198 Å². The van der Waals surface area contributed by atoms with E-state index in [-0.39, 0.29) is 5.91 Å². The van der Waals surface area contributed by atoms with E-state index in [1.54, 1.807) is 0 Å². The third-order valence-electron chi connectivity index (χ3n) is 8.36. The number of piperidine rings is 3. The molecule has 2 bridgehead atoms. The van der Waals surface area contributed by atoms with Crippen molar-refractivity contribution in [2.45, 2.75) is 62.8 Å². The SMILES string of the molecule is CN(C)c1ccc(C(=O)NC[C@H]2C[C@@H]3CCN2C[C@@H]3c2cc(C3CCCCC3)nn2C)cc1. The van der Waals surface area contributed by atoms with E-state index in [9.17, 15) is 4.79 Å². The normalized spacial score (nSPS) is 27.5. The van der Waals surface area contributed by atoms with Crippen molar-refractivity contribution < 1.29 is 4.79 Å². The van der Waals surface area contributed by atoms with Gasteiger partial charge in [0.25, 0.3) is 5.91 Å². The second-order valence-electron chi connectivity index (χ2n) is 10.6. The van der Waals surface area contributed by atoms with Crippen molar-refractivity contribution in [3.05, 3.63) is 47.3 Å². The first-order valence-corrected chi connectivity index (χ1v) is 12.8. The molecule has 2 aromatic rings. The van der Waals surface area contributed by atoms with Gasteiger partial charge in [-0.2, -0.15) is 5.10 Å². The van der Waals surface area contributed by atoms with Gasteiger partial charge in [0.15, 0.2) is 0 Å². The van der Waals surface area contributed by atoms with Crippen molar-refractivity contribution in [1.82, 2.24) is 20.0 Å². The van der Waals surface area contributed by atoms with Gasteiger partial charge in [0.2, 0.25) is 0 Å². The molecule has 1 unspecified atom stereocenters. The highest BCUT2D eigenvalue weighted by atomic mass is 16.1. The largest absolute Gasteiger partial charge is 0.378 e. The van der Waals surface area contributed by atoms with Gasteiger partial charge in [-0.05, 0) is 68.5 Å². The molecule has 0 radical (unpaired) electrons. The molecule has 3 saturated heterocycles. The van der Waals surface area contributed by atoms with Crippen LogP contribution in [-0.2, 0) is 7.05 Å². The quantitative estimate of drug-likeness (QED) is 0.720. The van der Waals surface area contributed by atoms with Crippen LogP contribution in [-0.4, -0.2) is 60.4 Å². The maximum Gasteiger partial charge on any atom is 0.251 e. The van der Waals surface area contributed by atoms with Gasteiger partial charge in [-0.3, -0.25) is 14.4 Å². The van der Waals surface area contributed by atoms with Crippen molar-refractivity contribution >= 4 is 11.6 Å². The topological polar surface area (TPSA) is 53.4 Å².